The van der Waals surface area contributed by atoms with Gasteiger partial charge in [-0.3, -0.25) is 14.4 Å². The van der Waals surface area contributed by atoms with Crippen LogP contribution in [0.1, 0.15) is 39.3 Å². The Morgan fingerprint density at radius 1 is 0.971 bits per heavy atom. The number of piperidine rings is 1. The van der Waals surface area contributed by atoms with Gasteiger partial charge in [-0.1, -0.05) is 18.2 Å². The summed E-state index contributed by atoms with van der Waals surface area (Å²) in [5, 5.41) is 5.79. The van der Waals surface area contributed by atoms with Gasteiger partial charge in [0, 0.05) is 24.2 Å². The van der Waals surface area contributed by atoms with Gasteiger partial charge < -0.3 is 24.7 Å². The van der Waals surface area contributed by atoms with Crippen LogP contribution in [0.25, 0.3) is 0 Å². The number of benzene rings is 2. The van der Waals surface area contributed by atoms with E-state index in [-0.39, 0.29) is 30.2 Å². The van der Waals surface area contributed by atoms with Crippen LogP contribution in [0.5, 0.6) is 5.75 Å². The minimum Gasteiger partial charge on any atom is -0.497 e. The number of amides is 3. The number of furan rings is 1. The third-order valence-corrected chi connectivity index (χ3v) is 6.26. The summed E-state index contributed by atoms with van der Waals surface area (Å²) in [6.07, 6.45) is 2.73. The van der Waals surface area contributed by atoms with E-state index < -0.39 is 6.04 Å². The zero-order valence-corrected chi connectivity index (χ0v) is 19.6. The Balaban J connectivity index is 1.42. The van der Waals surface area contributed by atoms with Crippen molar-refractivity contribution in [1.82, 2.24) is 15.5 Å². The van der Waals surface area contributed by atoms with Crippen LogP contribution in [-0.2, 0) is 11.3 Å². The Kier molecular flexibility index (Phi) is 7.82. The number of nitrogens with one attached hydrogen (secondary N) is 2. The molecule has 2 N–H and O–H groups in total. The van der Waals surface area contributed by atoms with Gasteiger partial charge in [0.2, 0.25) is 5.91 Å². The summed E-state index contributed by atoms with van der Waals surface area (Å²) in [7, 11) is 1.58. The third-order valence-electron chi connectivity index (χ3n) is 6.26. The van der Waals surface area contributed by atoms with Gasteiger partial charge in [0.05, 0.1) is 19.9 Å². The van der Waals surface area contributed by atoms with E-state index in [1.165, 1.54) is 0 Å². The highest BCUT2D eigenvalue weighted by Crippen LogP contribution is 2.24. The second-order valence-electron chi connectivity index (χ2n) is 8.47. The van der Waals surface area contributed by atoms with Gasteiger partial charge in [-0.2, -0.15) is 0 Å². The van der Waals surface area contributed by atoms with Crippen LogP contribution in [0.15, 0.2) is 77.4 Å². The first-order valence-corrected chi connectivity index (χ1v) is 11.6. The molecule has 3 aromatic rings. The lowest BCUT2D eigenvalue weighted by Gasteiger charge is -2.36. The number of hydrogen-bond acceptors (Lipinski definition) is 5. The summed E-state index contributed by atoms with van der Waals surface area (Å²) < 4.78 is 10.5. The predicted octanol–water partition coefficient (Wildman–Crippen LogP) is 3.26. The molecule has 1 atom stereocenters. The molecule has 0 bridgehead atoms. The Labute approximate surface area is 204 Å². The average molecular weight is 476 g/mol. The van der Waals surface area contributed by atoms with E-state index in [9.17, 15) is 14.4 Å². The lowest BCUT2D eigenvalue weighted by atomic mass is 9.88. The van der Waals surface area contributed by atoms with Crippen LogP contribution in [-0.4, -0.2) is 48.9 Å². The Hall–Kier alpha value is -4.07. The molecule has 8 nitrogen and oxygen atoms in total. The summed E-state index contributed by atoms with van der Waals surface area (Å²) in [6.45, 7) is 1.23. The molecule has 182 valence electrons. The van der Waals surface area contributed by atoms with E-state index in [2.05, 4.69) is 10.6 Å². The molecular weight excluding hydrogens is 446 g/mol. The maximum Gasteiger partial charge on any atom is 0.253 e. The van der Waals surface area contributed by atoms with Crippen molar-refractivity contribution >= 4 is 17.7 Å². The first kappa shape index (κ1) is 24.1. The maximum absolute atomic E-state index is 13.1. The molecule has 35 heavy (non-hydrogen) atoms. The van der Waals surface area contributed by atoms with Gasteiger partial charge in [0.15, 0.2) is 0 Å². The van der Waals surface area contributed by atoms with Gasteiger partial charge in [-0.15, -0.1) is 0 Å². The minimum absolute atomic E-state index is 0.0572. The molecule has 0 radical (unpaired) electrons. The Bertz CT molecular complexity index is 1120. The molecule has 8 heteroatoms. The Morgan fingerprint density at radius 3 is 2.31 bits per heavy atom. The van der Waals surface area contributed by atoms with E-state index in [4.69, 9.17) is 9.15 Å². The molecule has 2 heterocycles. The zero-order valence-electron chi connectivity index (χ0n) is 19.6. The van der Waals surface area contributed by atoms with Crippen LogP contribution >= 0.6 is 0 Å². The fourth-order valence-electron chi connectivity index (χ4n) is 4.26. The number of methoxy groups -OCH3 is 1. The van der Waals surface area contributed by atoms with Gasteiger partial charge in [-0.05, 0) is 67.3 Å². The SMILES string of the molecule is COc1ccc(C(=O)N2CCC([C@H](NC(=O)c3ccccc3)C(=O)NCc3ccco3)CC2)cc1. The van der Waals surface area contributed by atoms with Crippen molar-refractivity contribution in [3.8, 4) is 5.75 Å². The van der Waals surface area contributed by atoms with E-state index in [1.807, 2.05) is 6.07 Å². The molecular formula is C27H29N3O5. The number of likely N-dealkylation sites (tertiary alicyclic amines) is 1. The fraction of sp³-hybridized carbons (Fsp3) is 0.296. The monoisotopic (exact) mass is 475 g/mol. The van der Waals surface area contributed by atoms with E-state index >= 15 is 0 Å². The quantitative estimate of drug-likeness (QED) is 0.521. The molecule has 0 aliphatic carbocycles. The molecule has 0 saturated carbocycles. The number of rotatable bonds is 8. The van der Waals surface area contributed by atoms with Crippen LogP contribution in [0.4, 0.5) is 0 Å². The average Bonchev–Trinajstić information content (AvgIpc) is 3.44. The van der Waals surface area contributed by atoms with Gasteiger partial charge in [-0.25, -0.2) is 0 Å². The second-order valence-corrected chi connectivity index (χ2v) is 8.47. The van der Waals surface area contributed by atoms with Crippen molar-refractivity contribution in [2.45, 2.75) is 25.4 Å². The van der Waals surface area contributed by atoms with Gasteiger partial charge >= 0.3 is 0 Å². The molecule has 0 spiro atoms. The Morgan fingerprint density at radius 2 is 1.69 bits per heavy atom. The number of ether oxygens (including phenoxy) is 1. The van der Waals surface area contributed by atoms with Crippen LogP contribution < -0.4 is 15.4 Å². The molecule has 1 fully saturated rings. The molecule has 1 aromatic heterocycles. The molecule has 2 aromatic carbocycles. The molecule has 4 rings (SSSR count). The summed E-state index contributed by atoms with van der Waals surface area (Å²) in [5.74, 6) is 0.577. The number of hydrogen-bond donors (Lipinski definition) is 2. The fourth-order valence-corrected chi connectivity index (χ4v) is 4.26. The van der Waals surface area contributed by atoms with Crippen molar-refractivity contribution in [3.63, 3.8) is 0 Å². The second kappa shape index (κ2) is 11.4. The third kappa shape index (κ3) is 6.09. The molecule has 3 amide bonds. The lowest BCUT2D eigenvalue weighted by molar-refractivity contribution is -0.124. The van der Waals surface area contributed by atoms with Crippen LogP contribution in [0.3, 0.4) is 0 Å². The van der Waals surface area contributed by atoms with Gasteiger partial charge in [0.1, 0.15) is 17.6 Å². The highest BCUT2D eigenvalue weighted by atomic mass is 16.5. The van der Waals surface area contributed by atoms with E-state index in [0.717, 1.165) is 0 Å². The lowest BCUT2D eigenvalue weighted by Crippen LogP contribution is -2.53. The van der Waals surface area contributed by atoms with Crippen molar-refractivity contribution < 1.29 is 23.5 Å². The number of nitrogens with zero attached hydrogens (tertiary/aromatic N) is 1. The van der Waals surface area contributed by atoms with Crippen molar-refractivity contribution in [2.75, 3.05) is 20.2 Å². The summed E-state index contributed by atoms with van der Waals surface area (Å²) in [5.41, 5.74) is 1.08. The van der Waals surface area contributed by atoms with Crippen molar-refractivity contribution in [1.29, 1.82) is 0 Å². The summed E-state index contributed by atoms with van der Waals surface area (Å²) >= 11 is 0. The first-order valence-electron chi connectivity index (χ1n) is 11.6. The smallest absolute Gasteiger partial charge is 0.253 e. The van der Waals surface area contributed by atoms with Crippen molar-refractivity contribution in [3.05, 3.63) is 89.9 Å². The molecule has 1 saturated heterocycles. The minimum atomic E-state index is -0.726. The highest BCUT2D eigenvalue weighted by Gasteiger charge is 2.34. The maximum atomic E-state index is 13.1. The van der Waals surface area contributed by atoms with E-state index in [1.54, 1.807) is 78.9 Å². The molecule has 1 aliphatic rings. The zero-order chi connectivity index (χ0) is 24.6. The topological polar surface area (TPSA) is 101 Å². The first-order chi connectivity index (χ1) is 17.0. The largest absolute Gasteiger partial charge is 0.497 e. The highest BCUT2D eigenvalue weighted by molar-refractivity contribution is 5.97. The number of carbonyl (C=O) groups is 3. The number of carbonyl (C=O) groups excluding carboxylic acids is 3. The van der Waals surface area contributed by atoms with Crippen LogP contribution in [0, 0.1) is 5.92 Å². The normalized spacial score (nSPS) is 14.7. The van der Waals surface area contributed by atoms with E-state index in [0.29, 0.717) is 48.6 Å². The summed E-state index contributed by atoms with van der Waals surface area (Å²) in [6, 6.07) is 18.6. The van der Waals surface area contributed by atoms with Gasteiger partial charge in [0.25, 0.3) is 11.8 Å². The van der Waals surface area contributed by atoms with Crippen molar-refractivity contribution in [2.24, 2.45) is 5.92 Å². The molecule has 0 unspecified atom stereocenters. The molecule has 1 aliphatic heterocycles. The predicted molar refractivity (Wildman–Crippen MR) is 130 cm³/mol. The summed E-state index contributed by atoms with van der Waals surface area (Å²) in [4.78, 5) is 40.7. The van der Waals surface area contributed by atoms with Crippen LogP contribution in [0.2, 0.25) is 0 Å². The standard InChI is InChI=1S/C27H29N3O5/c1-34-22-11-9-21(10-12-22)27(33)30-15-13-19(14-16-30)24(26(32)28-18-23-8-5-17-35-23)29-25(31)20-6-3-2-4-7-20/h2-12,17,19,24H,13-16,18H2,1H3,(H,28,32)(H,29,31)/t24-/m0/s1.